The maximum Gasteiger partial charge on any atom is 0.261 e. The molecule has 0 bridgehead atoms. The Balaban J connectivity index is 1.77. The quantitative estimate of drug-likeness (QED) is 0.568. The Bertz CT molecular complexity index is 990. The lowest BCUT2D eigenvalue weighted by Gasteiger charge is -2.15. The van der Waals surface area contributed by atoms with Crippen LogP contribution in [0.15, 0.2) is 53.7 Å². The molecule has 0 unspecified atom stereocenters. The number of rotatable bonds is 8. The van der Waals surface area contributed by atoms with Crippen LogP contribution in [0.3, 0.4) is 0 Å². The standard InChI is InChI=1S/C21H23N3O4S/c1-14-6-9-17(26-2)20(19(14)28-4)29-23-21(25)15-7-8-16(18(12-15)27-3)13-24-11-5-10-22-24/h5-12H,13H2,1-4H3,(H,23,25). The van der Waals surface area contributed by atoms with E-state index in [9.17, 15) is 4.79 Å². The molecule has 8 heteroatoms. The van der Waals surface area contributed by atoms with E-state index < -0.39 is 0 Å². The van der Waals surface area contributed by atoms with E-state index in [4.69, 9.17) is 14.2 Å². The van der Waals surface area contributed by atoms with Gasteiger partial charge in [0.2, 0.25) is 0 Å². The number of aryl methyl sites for hydroxylation is 1. The Morgan fingerprint density at radius 2 is 1.90 bits per heavy atom. The maximum atomic E-state index is 12.7. The molecule has 0 aliphatic rings. The summed E-state index contributed by atoms with van der Waals surface area (Å²) in [7, 11) is 4.76. The van der Waals surface area contributed by atoms with Gasteiger partial charge in [-0.3, -0.25) is 14.2 Å². The summed E-state index contributed by atoms with van der Waals surface area (Å²) in [6, 6.07) is 11.0. The van der Waals surface area contributed by atoms with E-state index in [-0.39, 0.29) is 5.91 Å². The van der Waals surface area contributed by atoms with Crippen molar-refractivity contribution < 1.29 is 19.0 Å². The monoisotopic (exact) mass is 413 g/mol. The fourth-order valence-electron chi connectivity index (χ4n) is 2.90. The molecule has 152 valence electrons. The molecule has 0 aliphatic carbocycles. The van der Waals surface area contributed by atoms with Crippen LogP contribution >= 0.6 is 11.9 Å². The van der Waals surface area contributed by atoms with Gasteiger partial charge in [0.05, 0.1) is 27.9 Å². The van der Waals surface area contributed by atoms with Crippen LogP contribution in [-0.4, -0.2) is 37.0 Å². The molecule has 29 heavy (non-hydrogen) atoms. The Labute approximate surface area is 174 Å². The fourth-order valence-corrected chi connectivity index (χ4v) is 3.80. The first-order valence-electron chi connectivity index (χ1n) is 8.90. The Morgan fingerprint density at radius 1 is 1.10 bits per heavy atom. The Kier molecular flexibility index (Phi) is 6.66. The van der Waals surface area contributed by atoms with Crippen LogP contribution in [-0.2, 0) is 6.54 Å². The molecule has 2 aromatic carbocycles. The van der Waals surface area contributed by atoms with Crippen LogP contribution in [0, 0.1) is 6.92 Å². The lowest BCUT2D eigenvalue weighted by molar-refractivity contribution is 0.0984. The van der Waals surface area contributed by atoms with Gasteiger partial charge in [-0.1, -0.05) is 12.1 Å². The number of nitrogens with one attached hydrogen (secondary N) is 1. The molecule has 0 aliphatic heterocycles. The number of benzene rings is 2. The van der Waals surface area contributed by atoms with Crippen LogP contribution < -0.4 is 18.9 Å². The van der Waals surface area contributed by atoms with Gasteiger partial charge in [-0.05, 0) is 48.7 Å². The van der Waals surface area contributed by atoms with E-state index in [1.165, 1.54) is 0 Å². The predicted molar refractivity (Wildman–Crippen MR) is 112 cm³/mol. The van der Waals surface area contributed by atoms with Gasteiger partial charge in [0.15, 0.2) is 0 Å². The minimum atomic E-state index is -0.246. The van der Waals surface area contributed by atoms with Crippen molar-refractivity contribution >= 4 is 17.9 Å². The third-order valence-corrected chi connectivity index (χ3v) is 5.26. The summed E-state index contributed by atoms with van der Waals surface area (Å²) < 4.78 is 21.0. The van der Waals surface area contributed by atoms with Crippen LogP contribution in [0.5, 0.6) is 17.2 Å². The second kappa shape index (κ2) is 9.38. The summed E-state index contributed by atoms with van der Waals surface area (Å²) in [6.07, 6.45) is 3.60. The number of nitrogens with zero attached hydrogens (tertiary/aromatic N) is 2. The average molecular weight is 413 g/mol. The molecule has 1 amide bonds. The van der Waals surface area contributed by atoms with E-state index in [0.717, 1.165) is 23.1 Å². The second-order valence-corrected chi connectivity index (χ2v) is 7.03. The molecule has 0 saturated heterocycles. The van der Waals surface area contributed by atoms with Gasteiger partial charge < -0.3 is 14.2 Å². The van der Waals surface area contributed by atoms with Crippen LogP contribution in [0.25, 0.3) is 0 Å². The van der Waals surface area contributed by atoms with Crippen LogP contribution in [0.1, 0.15) is 21.5 Å². The first-order valence-corrected chi connectivity index (χ1v) is 9.72. The fraction of sp³-hybridized carbons (Fsp3) is 0.238. The predicted octanol–water partition coefficient (Wildman–Crippen LogP) is 3.70. The summed E-state index contributed by atoms with van der Waals surface area (Å²) in [5, 5.41) is 4.20. The Morgan fingerprint density at radius 3 is 2.55 bits per heavy atom. The van der Waals surface area contributed by atoms with E-state index in [0.29, 0.717) is 34.3 Å². The van der Waals surface area contributed by atoms with Crippen molar-refractivity contribution in [2.75, 3.05) is 21.3 Å². The summed E-state index contributed by atoms with van der Waals surface area (Å²) in [5.74, 6) is 1.68. The zero-order valence-electron chi connectivity index (χ0n) is 16.8. The smallest absolute Gasteiger partial charge is 0.261 e. The van der Waals surface area contributed by atoms with Crippen LogP contribution in [0.2, 0.25) is 0 Å². The van der Waals surface area contributed by atoms with Crippen molar-refractivity contribution in [3.63, 3.8) is 0 Å². The summed E-state index contributed by atoms with van der Waals surface area (Å²) in [5.41, 5.74) is 2.38. The minimum absolute atomic E-state index is 0.246. The van der Waals surface area contributed by atoms with Crippen LogP contribution in [0.4, 0.5) is 0 Å². The highest BCUT2D eigenvalue weighted by Gasteiger charge is 2.17. The molecule has 0 spiro atoms. The number of amides is 1. The lowest BCUT2D eigenvalue weighted by Crippen LogP contribution is -2.16. The van der Waals surface area contributed by atoms with Gasteiger partial charge in [-0.15, -0.1) is 0 Å². The minimum Gasteiger partial charge on any atom is -0.496 e. The van der Waals surface area contributed by atoms with E-state index in [2.05, 4.69) is 9.82 Å². The van der Waals surface area contributed by atoms with E-state index in [1.807, 2.05) is 37.4 Å². The van der Waals surface area contributed by atoms with Gasteiger partial charge in [0, 0.05) is 23.5 Å². The topological polar surface area (TPSA) is 74.6 Å². The molecule has 7 nitrogen and oxygen atoms in total. The second-order valence-electron chi connectivity index (χ2n) is 6.21. The number of hydrogen-bond acceptors (Lipinski definition) is 6. The number of carbonyl (C=O) groups is 1. The number of hydrogen-bond donors (Lipinski definition) is 1. The van der Waals surface area contributed by atoms with Crippen molar-refractivity contribution in [2.45, 2.75) is 18.4 Å². The van der Waals surface area contributed by atoms with Gasteiger partial charge in [-0.25, -0.2) is 0 Å². The van der Waals surface area contributed by atoms with E-state index >= 15 is 0 Å². The largest absolute Gasteiger partial charge is 0.496 e. The highest BCUT2D eigenvalue weighted by molar-refractivity contribution is 7.98. The number of ether oxygens (including phenoxy) is 3. The van der Waals surface area contributed by atoms with Crippen molar-refractivity contribution in [2.24, 2.45) is 0 Å². The molecule has 1 N–H and O–H groups in total. The normalized spacial score (nSPS) is 10.5. The third kappa shape index (κ3) is 4.65. The summed E-state index contributed by atoms with van der Waals surface area (Å²) in [6.45, 7) is 2.50. The van der Waals surface area contributed by atoms with Gasteiger partial charge in [0.25, 0.3) is 5.91 Å². The number of aromatic nitrogens is 2. The molecule has 1 aromatic heterocycles. The zero-order valence-corrected chi connectivity index (χ0v) is 17.6. The number of methoxy groups -OCH3 is 3. The summed E-state index contributed by atoms with van der Waals surface area (Å²) in [4.78, 5) is 13.4. The lowest BCUT2D eigenvalue weighted by atomic mass is 10.1. The zero-order chi connectivity index (χ0) is 20.8. The first-order chi connectivity index (χ1) is 14.1. The van der Waals surface area contributed by atoms with Gasteiger partial charge in [0.1, 0.15) is 22.1 Å². The van der Waals surface area contributed by atoms with Crippen molar-refractivity contribution in [1.29, 1.82) is 0 Å². The maximum absolute atomic E-state index is 12.7. The van der Waals surface area contributed by atoms with E-state index in [1.54, 1.807) is 44.3 Å². The highest BCUT2D eigenvalue weighted by atomic mass is 32.2. The summed E-state index contributed by atoms with van der Waals surface area (Å²) >= 11 is 1.16. The van der Waals surface area contributed by atoms with Gasteiger partial charge >= 0.3 is 0 Å². The Hall–Kier alpha value is -3.13. The van der Waals surface area contributed by atoms with Crippen molar-refractivity contribution in [1.82, 2.24) is 14.5 Å². The first kappa shape index (κ1) is 20.6. The van der Waals surface area contributed by atoms with Gasteiger partial charge in [-0.2, -0.15) is 5.10 Å². The van der Waals surface area contributed by atoms with Crippen molar-refractivity contribution in [3.8, 4) is 17.2 Å². The molecule has 3 aromatic rings. The molecule has 3 rings (SSSR count). The molecular weight excluding hydrogens is 390 g/mol. The number of carbonyl (C=O) groups excluding carboxylic acids is 1. The molecule has 0 saturated carbocycles. The highest BCUT2D eigenvalue weighted by Crippen LogP contribution is 2.38. The van der Waals surface area contributed by atoms with Crippen molar-refractivity contribution in [3.05, 3.63) is 65.5 Å². The molecule has 0 radical (unpaired) electrons. The SMILES string of the molecule is COc1cc(C(=O)NSc2c(OC)ccc(C)c2OC)ccc1Cn1cccn1. The molecular formula is C21H23N3O4S. The molecule has 1 heterocycles. The molecule has 0 atom stereocenters. The third-order valence-electron chi connectivity index (χ3n) is 4.38. The molecule has 0 fully saturated rings. The average Bonchev–Trinajstić information content (AvgIpc) is 3.25.